The third kappa shape index (κ3) is 6.64. The number of hydrogen-bond acceptors (Lipinski definition) is 6. The standard InChI is InChI=1S/C20H24F2N4O4/c1-11(2)18(27)25-16-8-14(7-12(3)24-16)19(28)23-9-13-5-6-17(26-20(13)29-4)30-10-15(21)22/h5-8,11,15H,9-10H2,1-4H3,(H,23,28)(H,24,25,27). The molecule has 0 saturated carbocycles. The Labute approximate surface area is 173 Å². The monoisotopic (exact) mass is 422 g/mol. The van der Waals surface area contributed by atoms with Crippen molar-refractivity contribution < 1.29 is 27.8 Å². The topological polar surface area (TPSA) is 102 Å². The van der Waals surface area contributed by atoms with Crippen LogP contribution in [0.3, 0.4) is 0 Å². The average molecular weight is 422 g/mol. The normalized spacial score (nSPS) is 10.8. The Morgan fingerprint density at radius 1 is 1.17 bits per heavy atom. The molecule has 2 rings (SSSR count). The SMILES string of the molecule is COc1nc(OCC(F)F)ccc1CNC(=O)c1cc(C)nc(NC(=O)C(C)C)c1. The molecule has 8 nitrogen and oxygen atoms in total. The molecular formula is C20H24F2N4O4. The highest BCUT2D eigenvalue weighted by Gasteiger charge is 2.14. The fourth-order valence-electron chi connectivity index (χ4n) is 2.40. The molecule has 0 atom stereocenters. The number of nitrogens with zero attached hydrogens (tertiary/aromatic N) is 2. The molecular weight excluding hydrogens is 398 g/mol. The van der Waals surface area contributed by atoms with Gasteiger partial charge >= 0.3 is 0 Å². The number of rotatable bonds is 9. The number of carbonyl (C=O) groups excluding carboxylic acids is 2. The van der Waals surface area contributed by atoms with Crippen LogP contribution in [-0.4, -0.2) is 41.9 Å². The van der Waals surface area contributed by atoms with Gasteiger partial charge in [-0.3, -0.25) is 9.59 Å². The van der Waals surface area contributed by atoms with Crippen molar-refractivity contribution in [1.82, 2.24) is 15.3 Å². The highest BCUT2D eigenvalue weighted by Crippen LogP contribution is 2.20. The number of anilines is 1. The molecule has 0 aromatic carbocycles. The zero-order chi connectivity index (χ0) is 22.3. The highest BCUT2D eigenvalue weighted by atomic mass is 19.3. The van der Waals surface area contributed by atoms with Crippen LogP contribution in [0.25, 0.3) is 0 Å². The first-order valence-corrected chi connectivity index (χ1v) is 9.22. The molecule has 0 saturated heterocycles. The molecule has 0 aliphatic carbocycles. The Balaban J connectivity index is 2.08. The molecule has 0 radical (unpaired) electrons. The lowest BCUT2D eigenvalue weighted by atomic mass is 10.2. The third-order valence-electron chi connectivity index (χ3n) is 3.89. The highest BCUT2D eigenvalue weighted by molar-refractivity contribution is 5.97. The molecule has 2 aromatic heterocycles. The summed E-state index contributed by atoms with van der Waals surface area (Å²) in [7, 11) is 1.38. The van der Waals surface area contributed by atoms with Crippen LogP contribution in [0.4, 0.5) is 14.6 Å². The maximum atomic E-state index is 12.6. The fourth-order valence-corrected chi connectivity index (χ4v) is 2.40. The van der Waals surface area contributed by atoms with Crippen LogP contribution >= 0.6 is 0 Å². The van der Waals surface area contributed by atoms with Crippen LogP contribution < -0.4 is 20.1 Å². The quantitative estimate of drug-likeness (QED) is 0.644. The van der Waals surface area contributed by atoms with Crippen LogP contribution in [-0.2, 0) is 11.3 Å². The van der Waals surface area contributed by atoms with Crippen molar-refractivity contribution in [3.8, 4) is 11.8 Å². The van der Waals surface area contributed by atoms with E-state index in [1.54, 1.807) is 32.9 Å². The van der Waals surface area contributed by atoms with Crippen LogP contribution in [0.5, 0.6) is 11.8 Å². The zero-order valence-electron chi connectivity index (χ0n) is 17.2. The van der Waals surface area contributed by atoms with Crippen molar-refractivity contribution in [2.24, 2.45) is 5.92 Å². The number of ether oxygens (including phenoxy) is 2. The third-order valence-corrected chi connectivity index (χ3v) is 3.89. The number of amides is 2. The van der Waals surface area contributed by atoms with Crippen molar-refractivity contribution in [3.63, 3.8) is 0 Å². The maximum absolute atomic E-state index is 12.6. The van der Waals surface area contributed by atoms with Crippen molar-refractivity contribution >= 4 is 17.6 Å². The van der Waals surface area contributed by atoms with E-state index in [1.807, 2.05) is 0 Å². The van der Waals surface area contributed by atoms with Crippen LogP contribution in [0, 0.1) is 12.8 Å². The zero-order valence-corrected chi connectivity index (χ0v) is 17.2. The number of halogens is 2. The molecule has 0 unspecified atom stereocenters. The van der Waals surface area contributed by atoms with E-state index in [0.717, 1.165) is 0 Å². The van der Waals surface area contributed by atoms with Crippen molar-refractivity contribution in [1.29, 1.82) is 0 Å². The maximum Gasteiger partial charge on any atom is 0.272 e. The van der Waals surface area contributed by atoms with Gasteiger partial charge in [-0.25, -0.2) is 13.8 Å². The first-order valence-electron chi connectivity index (χ1n) is 9.22. The van der Waals surface area contributed by atoms with Gasteiger partial charge in [0.15, 0.2) is 6.61 Å². The number of alkyl halides is 2. The largest absolute Gasteiger partial charge is 0.481 e. The first-order chi connectivity index (χ1) is 14.2. The fraction of sp³-hybridized carbons (Fsp3) is 0.400. The number of pyridine rings is 2. The van der Waals surface area contributed by atoms with E-state index in [2.05, 4.69) is 20.6 Å². The molecule has 2 aromatic rings. The van der Waals surface area contributed by atoms with Crippen LogP contribution in [0.1, 0.15) is 35.5 Å². The Hall–Kier alpha value is -3.30. The van der Waals surface area contributed by atoms with Crippen LogP contribution in [0.15, 0.2) is 24.3 Å². The second kappa shape index (κ2) is 10.5. The van der Waals surface area contributed by atoms with E-state index < -0.39 is 13.0 Å². The van der Waals surface area contributed by atoms with Gasteiger partial charge in [-0.15, -0.1) is 0 Å². The summed E-state index contributed by atoms with van der Waals surface area (Å²) in [6.07, 6.45) is -2.62. The van der Waals surface area contributed by atoms with E-state index >= 15 is 0 Å². The minimum Gasteiger partial charge on any atom is -0.481 e. The predicted octanol–water partition coefficient (Wildman–Crippen LogP) is 2.96. The summed E-state index contributed by atoms with van der Waals surface area (Å²) in [4.78, 5) is 32.7. The number of carbonyl (C=O) groups is 2. The average Bonchev–Trinajstić information content (AvgIpc) is 2.70. The predicted molar refractivity (Wildman–Crippen MR) is 106 cm³/mol. The summed E-state index contributed by atoms with van der Waals surface area (Å²) >= 11 is 0. The molecule has 0 fully saturated rings. The molecule has 2 amide bonds. The van der Waals surface area contributed by atoms with E-state index in [-0.39, 0.29) is 36.0 Å². The van der Waals surface area contributed by atoms with Gasteiger partial charge in [0.05, 0.1) is 7.11 Å². The molecule has 0 spiro atoms. The molecule has 0 aliphatic heterocycles. The lowest BCUT2D eigenvalue weighted by Gasteiger charge is -2.12. The summed E-state index contributed by atoms with van der Waals surface area (Å²) in [5.74, 6) is -0.378. The molecule has 10 heteroatoms. The molecule has 0 aliphatic rings. The van der Waals surface area contributed by atoms with Gasteiger partial charge in [0, 0.05) is 35.3 Å². The van der Waals surface area contributed by atoms with Gasteiger partial charge in [-0.05, 0) is 25.1 Å². The molecule has 30 heavy (non-hydrogen) atoms. The van der Waals surface area contributed by atoms with E-state index in [1.165, 1.54) is 19.2 Å². The summed E-state index contributed by atoms with van der Waals surface area (Å²) < 4.78 is 34.5. The second-order valence-electron chi connectivity index (χ2n) is 6.73. The number of aromatic nitrogens is 2. The summed E-state index contributed by atoms with van der Waals surface area (Å²) in [5.41, 5.74) is 1.43. The first kappa shape index (κ1) is 23.0. The number of aryl methyl sites for hydroxylation is 1. The molecule has 0 bridgehead atoms. The van der Waals surface area contributed by atoms with Gasteiger partial charge in [-0.2, -0.15) is 4.98 Å². The second-order valence-corrected chi connectivity index (χ2v) is 6.73. The molecule has 162 valence electrons. The Morgan fingerprint density at radius 3 is 2.53 bits per heavy atom. The van der Waals surface area contributed by atoms with E-state index in [0.29, 0.717) is 22.6 Å². The Bertz CT molecular complexity index is 906. The summed E-state index contributed by atoms with van der Waals surface area (Å²) in [6.45, 7) is 4.53. The van der Waals surface area contributed by atoms with Crippen molar-refractivity contribution in [2.45, 2.75) is 33.7 Å². The minimum absolute atomic E-state index is 0.00230. The van der Waals surface area contributed by atoms with Gasteiger partial charge < -0.3 is 20.1 Å². The van der Waals surface area contributed by atoms with E-state index in [9.17, 15) is 18.4 Å². The lowest BCUT2D eigenvalue weighted by molar-refractivity contribution is -0.118. The summed E-state index contributed by atoms with van der Waals surface area (Å²) in [5, 5.41) is 5.40. The number of hydrogen-bond donors (Lipinski definition) is 2. The van der Waals surface area contributed by atoms with Crippen molar-refractivity contribution in [2.75, 3.05) is 19.0 Å². The number of methoxy groups -OCH3 is 1. The summed E-state index contributed by atoms with van der Waals surface area (Å²) in [6, 6.07) is 6.07. The Kier molecular flexibility index (Phi) is 8.02. The minimum atomic E-state index is -2.62. The van der Waals surface area contributed by atoms with Gasteiger partial charge in [0.1, 0.15) is 5.82 Å². The van der Waals surface area contributed by atoms with Crippen molar-refractivity contribution in [3.05, 3.63) is 41.1 Å². The van der Waals surface area contributed by atoms with E-state index in [4.69, 9.17) is 9.47 Å². The molecule has 2 N–H and O–H groups in total. The van der Waals surface area contributed by atoms with Gasteiger partial charge in [-0.1, -0.05) is 13.8 Å². The smallest absolute Gasteiger partial charge is 0.272 e. The Morgan fingerprint density at radius 2 is 1.90 bits per heavy atom. The van der Waals surface area contributed by atoms with Crippen LogP contribution in [0.2, 0.25) is 0 Å². The van der Waals surface area contributed by atoms with Gasteiger partial charge in [0.25, 0.3) is 12.3 Å². The van der Waals surface area contributed by atoms with Gasteiger partial charge in [0.2, 0.25) is 17.7 Å². The number of nitrogens with one attached hydrogen (secondary N) is 2. The lowest BCUT2D eigenvalue weighted by Crippen LogP contribution is -2.24. The molecule has 2 heterocycles.